The Bertz CT molecular complexity index is 6520. The van der Waals surface area contributed by atoms with Crippen molar-refractivity contribution in [2.45, 2.75) is 13.1 Å². The summed E-state index contributed by atoms with van der Waals surface area (Å²) >= 11 is 0. The van der Waals surface area contributed by atoms with Crippen LogP contribution in [-0.2, 0) is 6.18 Å². The number of allylic oxidation sites excluding steroid dienone is 1. The average molecular weight is 1280 g/mol. The lowest BCUT2D eigenvalue weighted by Crippen LogP contribution is -2.07. The number of hydrogen-bond acceptors (Lipinski definition) is 2. The van der Waals surface area contributed by atoms with Crippen molar-refractivity contribution < 1.29 is 13.2 Å². The zero-order valence-corrected chi connectivity index (χ0v) is 53.1. The highest BCUT2D eigenvalue weighted by molar-refractivity contribution is 6.16. The van der Waals surface area contributed by atoms with Crippen molar-refractivity contribution in [2.24, 2.45) is 0 Å². The molecule has 0 amide bonds. The first-order valence-electron chi connectivity index (χ1n) is 32.8. The first-order chi connectivity index (χ1) is 48.6. The number of nitriles is 2. The summed E-state index contributed by atoms with van der Waals surface area (Å²) in [7, 11) is 0. The number of aromatic nitrogens is 6. The molecule has 13 aromatic carbocycles. The predicted molar refractivity (Wildman–Crippen MR) is 400 cm³/mol. The molecule has 19 aromatic rings. The summed E-state index contributed by atoms with van der Waals surface area (Å²) < 4.78 is 59.7. The molecule has 0 bridgehead atoms. The number of nitrogens with zero attached hydrogens (tertiary/aromatic N) is 8. The van der Waals surface area contributed by atoms with Crippen molar-refractivity contribution in [1.82, 2.24) is 27.4 Å². The molecule has 11 heteroatoms. The number of halogens is 3. The number of fused-ring (bicyclic) bond motifs is 16. The Morgan fingerprint density at radius 3 is 0.970 bits per heavy atom. The van der Waals surface area contributed by atoms with Gasteiger partial charge in [-0.15, -0.1) is 0 Å². The van der Waals surface area contributed by atoms with Gasteiger partial charge in [0.25, 0.3) is 0 Å². The Balaban J connectivity index is 0.984. The third-order valence-electron chi connectivity index (χ3n) is 20.1. The molecule has 0 radical (unpaired) electrons. The molecule has 0 aliphatic rings. The molecule has 466 valence electrons. The van der Waals surface area contributed by atoms with Crippen LogP contribution in [-0.4, -0.2) is 27.4 Å². The van der Waals surface area contributed by atoms with Crippen molar-refractivity contribution in [3.05, 3.63) is 314 Å². The monoisotopic (exact) mass is 1280 g/mol. The molecule has 6 heterocycles. The van der Waals surface area contributed by atoms with Gasteiger partial charge in [-0.05, 0) is 145 Å². The summed E-state index contributed by atoms with van der Waals surface area (Å²) in [6.07, 6.45) is 1.20. The van der Waals surface area contributed by atoms with Crippen LogP contribution < -0.4 is 0 Å². The van der Waals surface area contributed by atoms with Gasteiger partial charge >= 0.3 is 6.18 Å². The summed E-state index contributed by atoms with van der Waals surface area (Å²) in [5.74, 6) is 0. The van der Waals surface area contributed by atoms with Gasteiger partial charge in [-0.25, -0.2) is 0 Å². The third-order valence-corrected chi connectivity index (χ3v) is 20.1. The lowest BCUT2D eigenvalue weighted by Gasteiger charge is -2.20. The highest BCUT2D eigenvalue weighted by atomic mass is 19.4. The molecule has 0 N–H and O–H groups in total. The second-order valence-corrected chi connectivity index (χ2v) is 25.4. The standard InChI is InChI=1S/C88H53F3N8/c1-3-19-61-62-20-5-12-27-75(62)94(74(61)4-2)57-34-38-69-70-39-35-58(95-76-28-13-6-21-63(76)64-22-7-14-29-77(64)95)48-85(70)98(84(69)47-57)82-45-55(54-42-53(51-92)43-56(44-54)88(89,90)91)46-83(73(82)52-93)99-86-49-59(96-78-30-15-8-23-65(78)66-24-9-16-31-79(66)96)36-40-71(86)72-41-37-60(50-87(72)99)97-80-32-17-10-25-67(80)68-26-11-18-33-81(68)97/h3-50H,2H2,1H3/b19-3-. The fraction of sp³-hybridized carbons (Fsp3) is 0.0227. The smallest absolute Gasteiger partial charge is 0.309 e. The van der Waals surface area contributed by atoms with Crippen LogP contribution in [0.15, 0.2) is 286 Å². The fourth-order valence-corrected chi connectivity index (χ4v) is 16.0. The summed E-state index contributed by atoms with van der Waals surface area (Å²) in [6, 6.07) is 96.3. The highest BCUT2D eigenvalue weighted by Crippen LogP contribution is 2.46. The molecule has 0 aliphatic carbocycles. The topological polar surface area (TPSA) is 77.2 Å². The Hall–Kier alpha value is -13.4. The first-order valence-corrected chi connectivity index (χ1v) is 32.8. The van der Waals surface area contributed by atoms with Gasteiger partial charge < -0.3 is 27.4 Å². The number of benzene rings is 13. The van der Waals surface area contributed by atoms with Crippen LogP contribution in [0.25, 0.3) is 177 Å². The van der Waals surface area contributed by atoms with Crippen molar-refractivity contribution in [1.29, 1.82) is 10.5 Å². The van der Waals surface area contributed by atoms with Crippen LogP contribution in [0.4, 0.5) is 13.2 Å². The molecule has 99 heavy (non-hydrogen) atoms. The van der Waals surface area contributed by atoms with Crippen molar-refractivity contribution in [2.75, 3.05) is 0 Å². The Morgan fingerprint density at radius 1 is 0.333 bits per heavy atom. The van der Waals surface area contributed by atoms with Crippen LogP contribution in [0, 0.1) is 22.7 Å². The molecule has 6 aromatic heterocycles. The van der Waals surface area contributed by atoms with Gasteiger partial charge in [-0.3, -0.25) is 0 Å². The molecule has 0 saturated carbocycles. The van der Waals surface area contributed by atoms with Gasteiger partial charge in [0, 0.05) is 87.6 Å². The van der Waals surface area contributed by atoms with E-state index in [4.69, 9.17) is 0 Å². The van der Waals surface area contributed by atoms with E-state index in [2.05, 4.69) is 246 Å². The zero-order valence-electron chi connectivity index (χ0n) is 53.1. The maximum absolute atomic E-state index is 15.5. The van der Waals surface area contributed by atoms with Gasteiger partial charge in [0.2, 0.25) is 0 Å². The largest absolute Gasteiger partial charge is 0.416 e. The number of alkyl halides is 3. The maximum Gasteiger partial charge on any atom is 0.416 e. The number of rotatable bonds is 9. The molecular weight excluding hydrogens is 1230 g/mol. The zero-order chi connectivity index (χ0) is 66.5. The normalized spacial score (nSPS) is 12.2. The van der Waals surface area contributed by atoms with Crippen LogP contribution in [0.5, 0.6) is 0 Å². The maximum atomic E-state index is 15.5. The van der Waals surface area contributed by atoms with E-state index in [1.165, 1.54) is 6.07 Å². The molecule has 0 spiro atoms. The molecule has 19 rings (SSSR count). The first kappa shape index (κ1) is 57.1. The van der Waals surface area contributed by atoms with E-state index in [1.54, 1.807) is 0 Å². The fourth-order valence-electron chi connectivity index (χ4n) is 16.0. The van der Waals surface area contributed by atoms with E-state index in [0.29, 0.717) is 16.9 Å². The molecule has 0 saturated heterocycles. The van der Waals surface area contributed by atoms with Crippen molar-refractivity contribution in [3.8, 4) is 57.4 Å². The van der Waals surface area contributed by atoms with Gasteiger partial charge in [0.05, 0.1) is 94.9 Å². The summed E-state index contributed by atoms with van der Waals surface area (Å²) in [5.41, 5.74) is 15.7. The Labute approximate surface area is 564 Å². The van der Waals surface area contributed by atoms with E-state index in [-0.39, 0.29) is 16.7 Å². The van der Waals surface area contributed by atoms with Crippen LogP contribution in [0.1, 0.15) is 34.9 Å². The predicted octanol–water partition coefficient (Wildman–Crippen LogP) is 23.2. The SMILES string of the molecule is C=Cc1c(/C=C\C)c2ccccc2n1-c1ccc2c3ccc(-n4c5ccccc5c5ccccc54)cc3n(-c3cc(-c4cc(C#N)cc(C(F)(F)F)c4)cc(-n4c5cc(-n6c7ccccc7c7ccccc76)ccc5c5ccc(-n6c7ccccc7c7ccccc76)cc54)c3C#N)c2c1. The van der Waals surface area contributed by atoms with E-state index in [0.717, 1.165) is 166 Å². The molecule has 0 atom stereocenters. The second kappa shape index (κ2) is 21.6. The second-order valence-electron chi connectivity index (χ2n) is 25.4. The van der Waals surface area contributed by atoms with Crippen LogP contribution in [0.2, 0.25) is 0 Å². The van der Waals surface area contributed by atoms with Gasteiger partial charge in [0.1, 0.15) is 11.6 Å². The molecule has 8 nitrogen and oxygen atoms in total. The highest BCUT2D eigenvalue weighted by Gasteiger charge is 2.33. The quantitative estimate of drug-likeness (QED) is 0.144. The lowest BCUT2D eigenvalue weighted by molar-refractivity contribution is -0.137. The van der Waals surface area contributed by atoms with E-state index in [9.17, 15) is 10.5 Å². The minimum Gasteiger partial charge on any atom is -0.309 e. The van der Waals surface area contributed by atoms with E-state index < -0.39 is 11.7 Å². The third kappa shape index (κ3) is 8.38. The molecule has 0 aliphatic heterocycles. The van der Waals surface area contributed by atoms with Crippen molar-refractivity contribution >= 4 is 132 Å². The van der Waals surface area contributed by atoms with Crippen LogP contribution >= 0.6 is 0 Å². The Morgan fingerprint density at radius 2 is 0.646 bits per heavy atom. The van der Waals surface area contributed by atoms with Crippen LogP contribution in [0.3, 0.4) is 0 Å². The van der Waals surface area contributed by atoms with Crippen molar-refractivity contribution in [3.63, 3.8) is 0 Å². The van der Waals surface area contributed by atoms with E-state index in [1.807, 2.05) is 79.7 Å². The number of para-hydroxylation sites is 7. The molecular formula is C88H53F3N8. The lowest BCUT2D eigenvalue weighted by atomic mass is 9.96. The van der Waals surface area contributed by atoms with Gasteiger partial charge in [-0.2, -0.15) is 23.7 Å². The summed E-state index contributed by atoms with van der Waals surface area (Å²) in [4.78, 5) is 0. The molecule has 0 unspecified atom stereocenters. The summed E-state index contributed by atoms with van der Waals surface area (Å²) in [5, 5.41) is 34.4. The minimum absolute atomic E-state index is 0.143. The summed E-state index contributed by atoms with van der Waals surface area (Å²) in [6.45, 7) is 6.37. The van der Waals surface area contributed by atoms with Gasteiger partial charge in [0.15, 0.2) is 0 Å². The number of hydrogen-bond donors (Lipinski definition) is 0. The molecule has 0 fully saturated rings. The average Bonchev–Trinajstić information content (AvgIpc) is 1.57. The van der Waals surface area contributed by atoms with Gasteiger partial charge in [-0.1, -0.05) is 170 Å². The van der Waals surface area contributed by atoms with E-state index >= 15 is 13.2 Å². The Kier molecular flexibility index (Phi) is 12.5. The minimum atomic E-state index is -4.81.